The summed E-state index contributed by atoms with van der Waals surface area (Å²) in [6.07, 6.45) is 3.28. The predicted molar refractivity (Wildman–Crippen MR) is 35.9 cm³/mol. The summed E-state index contributed by atoms with van der Waals surface area (Å²) in [5, 5.41) is 7.44. The van der Waals surface area contributed by atoms with E-state index in [1.807, 2.05) is 5.83 Å². The van der Waals surface area contributed by atoms with Gasteiger partial charge < -0.3 is 0 Å². The van der Waals surface area contributed by atoms with Crippen molar-refractivity contribution in [3.8, 4) is 0 Å². The third kappa shape index (κ3) is 6.77. The molecule has 0 bridgehead atoms. The summed E-state index contributed by atoms with van der Waals surface area (Å²) in [5.41, 5.74) is 0. The Bertz CT molecular complexity index is 119. The zero-order chi connectivity index (χ0) is 6.41. The molecule has 3 nitrogen and oxygen atoms in total. The van der Waals surface area contributed by atoms with Crippen molar-refractivity contribution >= 4 is 15.9 Å². The molecular weight excluding hydrogens is 210 g/mol. The van der Waals surface area contributed by atoms with Gasteiger partial charge in [-0.05, 0) is 5.83 Å². The Morgan fingerprint density at radius 3 is 1.67 bits per heavy atom. The summed E-state index contributed by atoms with van der Waals surface area (Å²) < 4.78 is 0. The number of hydrogen-bond acceptors (Lipinski definition) is 2. The zero-order valence-electron chi connectivity index (χ0n) is 5.23. The molecule has 0 aliphatic heterocycles. The van der Waals surface area contributed by atoms with Gasteiger partial charge in [-0.2, -0.15) is 15.0 Å². The molecule has 0 aromatic carbocycles. The summed E-state index contributed by atoms with van der Waals surface area (Å²) in [7, 11) is 1.78. The van der Waals surface area contributed by atoms with Gasteiger partial charge in [-0.25, -0.2) is 0 Å². The standard InChI is InChI=1S/C3H5N3.CH3Br.Ar/c1-6-4-2-3-5-6;1-2;/h2-3H,1H3;1H3;. The number of halogens is 1. The molecule has 0 unspecified atom stereocenters. The second-order valence-corrected chi connectivity index (χ2v) is 1.02. The second kappa shape index (κ2) is 8.88. The van der Waals surface area contributed by atoms with E-state index in [1.165, 1.54) is 4.80 Å². The first kappa shape index (κ1) is 12.5. The summed E-state index contributed by atoms with van der Waals surface area (Å²) in [4.78, 5) is 1.50. The van der Waals surface area contributed by atoms with Crippen LogP contribution in [0.4, 0.5) is 0 Å². The monoisotopic (exact) mass is 217 g/mol. The quantitative estimate of drug-likeness (QED) is 0.603. The smallest absolute Gasteiger partial charge is 0.0692 e. The van der Waals surface area contributed by atoms with Gasteiger partial charge in [0.25, 0.3) is 0 Å². The molecule has 0 fully saturated rings. The number of nitrogens with zero attached hydrogens (tertiary/aromatic N) is 3. The fourth-order valence-corrected chi connectivity index (χ4v) is 0.282. The predicted octanol–water partition coefficient (Wildman–Crippen LogP) is 0.826. The average Bonchev–Trinajstić information content (AvgIpc) is 2.24. The minimum Gasteiger partial charge on any atom is -0.188 e. The molecule has 54 valence electrons. The molecule has 0 saturated carbocycles. The van der Waals surface area contributed by atoms with Crippen LogP contribution in [-0.4, -0.2) is 20.8 Å². The Morgan fingerprint density at radius 2 is 1.56 bits per heavy atom. The molecule has 0 aliphatic carbocycles. The maximum atomic E-state index is 3.72. The van der Waals surface area contributed by atoms with Crippen molar-refractivity contribution < 1.29 is 37.7 Å². The summed E-state index contributed by atoms with van der Waals surface area (Å²) >= 11 is 2.94. The molecule has 0 radical (unpaired) electrons. The summed E-state index contributed by atoms with van der Waals surface area (Å²) in [6, 6.07) is 0. The molecule has 1 rings (SSSR count). The van der Waals surface area contributed by atoms with E-state index in [9.17, 15) is 0 Å². The van der Waals surface area contributed by atoms with Gasteiger partial charge in [0.1, 0.15) is 0 Å². The van der Waals surface area contributed by atoms with Crippen LogP contribution in [-0.2, 0) is 7.05 Å². The summed E-state index contributed by atoms with van der Waals surface area (Å²) in [6.45, 7) is 0. The topological polar surface area (TPSA) is 30.7 Å². The Kier molecular flexibility index (Phi) is 12.4. The molecule has 0 N–H and O–H groups in total. The minimum atomic E-state index is 0. The van der Waals surface area contributed by atoms with Gasteiger partial charge in [-0.15, -0.1) is 0 Å². The van der Waals surface area contributed by atoms with Crippen molar-refractivity contribution in [2.24, 2.45) is 7.05 Å². The molecule has 0 aliphatic rings. The third-order valence-electron chi connectivity index (χ3n) is 0.534. The molecule has 0 saturated heterocycles. The molecule has 5 heteroatoms. The molecule has 1 heterocycles. The van der Waals surface area contributed by atoms with E-state index in [2.05, 4.69) is 26.1 Å². The van der Waals surface area contributed by atoms with Gasteiger partial charge in [-0.3, -0.25) is 0 Å². The van der Waals surface area contributed by atoms with Gasteiger partial charge >= 0.3 is 0 Å². The van der Waals surface area contributed by atoms with Crippen molar-refractivity contribution in [2.75, 3.05) is 5.83 Å². The minimum absolute atomic E-state index is 0. The van der Waals surface area contributed by atoms with Crippen LogP contribution in [0.3, 0.4) is 0 Å². The number of aromatic nitrogens is 3. The molecule has 0 spiro atoms. The van der Waals surface area contributed by atoms with Crippen LogP contribution in [0.5, 0.6) is 0 Å². The van der Waals surface area contributed by atoms with Gasteiger partial charge in [0.05, 0.1) is 12.4 Å². The molecule has 1 aromatic rings. The molecule has 0 amide bonds. The molecule has 0 atom stereocenters. The van der Waals surface area contributed by atoms with E-state index in [-0.39, 0.29) is 37.7 Å². The van der Waals surface area contributed by atoms with E-state index < -0.39 is 0 Å². The number of hydrogen-bond donors (Lipinski definition) is 0. The van der Waals surface area contributed by atoms with Crippen molar-refractivity contribution in [3.63, 3.8) is 0 Å². The van der Waals surface area contributed by atoms with E-state index >= 15 is 0 Å². The van der Waals surface area contributed by atoms with Crippen molar-refractivity contribution in [1.82, 2.24) is 15.0 Å². The van der Waals surface area contributed by atoms with Crippen LogP contribution >= 0.6 is 15.9 Å². The van der Waals surface area contributed by atoms with Crippen LogP contribution in [0, 0.1) is 37.7 Å². The van der Waals surface area contributed by atoms with Gasteiger partial charge in [0.15, 0.2) is 0 Å². The number of rotatable bonds is 0. The molecule has 9 heavy (non-hydrogen) atoms. The maximum absolute atomic E-state index is 3.72. The van der Waals surface area contributed by atoms with E-state index in [4.69, 9.17) is 0 Å². The number of alkyl halides is 1. The van der Waals surface area contributed by atoms with Crippen LogP contribution in [0.25, 0.3) is 0 Å². The Morgan fingerprint density at radius 1 is 1.22 bits per heavy atom. The van der Waals surface area contributed by atoms with Gasteiger partial charge in [0.2, 0.25) is 0 Å². The van der Waals surface area contributed by atoms with E-state index in [1.54, 1.807) is 19.4 Å². The fourth-order valence-electron chi connectivity index (χ4n) is 0.282. The van der Waals surface area contributed by atoms with Gasteiger partial charge in [0, 0.05) is 44.8 Å². The first-order valence-electron chi connectivity index (χ1n) is 2.07. The van der Waals surface area contributed by atoms with Crippen molar-refractivity contribution in [2.45, 2.75) is 0 Å². The van der Waals surface area contributed by atoms with Crippen molar-refractivity contribution in [3.05, 3.63) is 12.4 Å². The number of aryl methyl sites for hydroxylation is 1. The van der Waals surface area contributed by atoms with Crippen molar-refractivity contribution in [1.29, 1.82) is 0 Å². The largest absolute Gasteiger partial charge is 0.188 e. The summed E-state index contributed by atoms with van der Waals surface area (Å²) in [5.74, 6) is 1.81. The Labute approximate surface area is 92.9 Å². The third-order valence-corrected chi connectivity index (χ3v) is 0.534. The second-order valence-electron chi connectivity index (χ2n) is 1.02. The molecule has 1 aromatic heterocycles. The van der Waals surface area contributed by atoms with Crippen LogP contribution in [0.2, 0.25) is 0 Å². The van der Waals surface area contributed by atoms with Crippen LogP contribution in [0.1, 0.15) is 0 Å². The van der Waals surface area contributed by atoms with Crippen LogP contribution in [0.15, 0.2) is 12.4 Å². The first-order valence-corrected chi connectivity index (χ1v) is 3.66. The fraction of sp³-hybridized carbons (Fsp3) is 0.500. The average molecular weight is 218 g/mol. The van der Waals surface area contributed by atoms with E-state index in [0.29, 0.717) is 0 Å². The Hall–Kier alpha value is 0.880. The normalized spacial score (nSPS) is 6.56. The van der Waals surface area contributed by atoms with Gasteiger partial charge in [-0.1, -0.05) is 15.9 Å². The molecular formula is C4H8ArBrN3. The first-order chi connectivity index (χ1) is 3.89. The van der Waals surface area contributed by atoms with Crippen LogP contribution < -0.4 is 0 Å². The van der Waals surface area contributed by atoms with E-state index in [0.717, 1.165) is 0 Å². The zero-order valence-corrected chi connectivity index (χ0v) is 7.52. The Balaban J connectivity index is 0. The SMILES string of the molecule is CBr.Cn1nccn1.[Ar]. The maximum Gasteiger partial charge on any atom is 0.0692 e.